The van der Waals surface area contributed by atoms with E-state index in [-0.39, 0.29) is 11.3 Å². The van der Waals surface area contributed by atoms with Gasteiger partial charge in [-0.05, 0) is 18.6 Å². The van der Waals surface area contributed by atoms with Gasteiger partial charge in [0.2, 0.25) is 0 Å². The van der Waals surface area contributed by atoms with Gasteiger partial charge in [0.05, 0.1) is 7.11 Å². The molecule has 0 aromatic heterocycles. The third kappa shape index (κ3) is 1.85. The summed E-state index contributed by atoms with van der Waals surface area (Å²) in [4.78, 5) is 0. The van der Waals surface area contributed by atoms with Crippen LogP contribution in [0, 0.1) is 11.6 Å². The summed E-state index contributed by atoms with van der Waals surface area (Å²) in [5.41, 5.74) is 5.48. The number of benzene rings is 1. The van der Waals surface area contributed by atoms with E-state index in [9.17, 15) is 8.78 Å². The molecule has 1 aromatic carbocycles. The second kappa shape index (κ2) is 4.37. The van der Waals surface area contributed by atoms with Crippen molar-refractivity contribution in [3.63, 3.8) is 0 Å². The number of ether oxygens (including phenoxy) is 1. The van der Waals surface area contributed by atoms with Crippen molar-refractivity contribution in [3.8, 4) is 5.75 Å². The summed E-state index contributed by atoms with van der Waals surface area (Å²) >= 11 is 0. The first-order valence-corrected chi connectivity index (χ1v) is 4.39. The molecule has 1 rings (SSSR count). The van der Waals surface area contributed by atoms with Crippen molar-refractivity contribution in [2.45, 2.75) is 19.4 Å². The van der Waals surface area contributed by atoms with E-state index >= 15 is 0 Å². The monoisotopic (exact) mass is 201 g/mol. The summed E-state index contributed by atoms with van der Waals surface area (Å²) in [7, 11) is 1.33. The number of methoxy groups -OCH3 is 1. The van der Waals surface area contributed by atoms with Gasteiger partial charge < -0.3 is 10.5 Å². The van der Waals surface area contributed by atoms with Crippen LogP contribution in [0.25, 0.3) is 0 Å². The Morgan fingerprint density at radius 2 is 2.07 bits per heavy atom. The molecule has 0 bridgehead atoms. The second-order valence-electron chi connectivity index (χ2n) is 2.99. The molecular weight excluding hydrogens is 188 g/mol. The van der Waals surface area contributed by atoms with Gasteiger partial charge in [-0.25, -0.2) is 8.78 Å². The third-order valence-electron chi connectivity index (χ3n) is 2.12. The Morgan fingerprint density at radius 1 is 1.43 bits per heavy atom. The van der Waals surface area contributed by atoms with Crippen LogP contribution in [0.1, 0.15) is 24.9 Å². The van der Waals surface area contributed by atoms with Gasteiger partial charge in [-0.3, -0.25) is 0 Å². The highest BCUT2D eigenvalue weighted by Gasteiger charge is 2.18. The highest BCUT2D eigenvalue weighted by Crippen LogP contribution is 2.27. The van der Waals surface area contributed by atoms with Gasteiger partial charge in [-0.15, -0.1) is 0 Å². The van der Waals surface area contributed by atoms with Crippen molar-refractivity contribution in [2.75, 3.05) is 7.11 Å². The van der Waals surface area contributed by atoms with Gasteiger partial charge in [0.25, 0.3) is 0 Å². The lowest BCUT2D eigenvalue weighted by molar-refractivity contribution is 0.377. The highest BCUT2D eigenvalue weighted by molar-refractivity contribution is 5.34. The van der Waals surface area contributed by atoms with Gasteiger partial charge in [-0.2, -0.15) is 0 Å². The van der Waals surface area contributed by atoms with E-state index in [4.69, 9.17) is 10.5 Å². The van der Waals surface area contributed by atoms with Gasteiger partial charge in [0.15, 0.2) is 11.6 Å². The van der Waals surface area contributed by atoms with Gasteiger partial charge in [0, 0.05) is 11.6 Å². The largest absolute Gasteiger partial charge is 0.494 e. The highest BCUT2D eigenvalue weighted by atomic mass is 19.1. The van der Waals surface area contributed by atoms with E-state index in [0.717, 1.165) is 6.07 Å². The van der Waals surface area contributed by atoms with Crippen LogP contribution in [0.15, 0.2) is 12.1 Å². The number of nitrogens with two attached hydrogens (primary N) is 1. The molecule has 14 heavy (non-hydrogen) atoms. The smallest absolute Gasteiger partial charge is 0.172 e. The lowest BCUT2D eigenvalue weighted by Gasteiger charge is -2.13. The Bertz CT molecular complexity index is 328. The Kier molecular flexibility index (Phi) is 3.41. The van der Waals surface area contributed by atoms with E-state index in [1.807, 2.05) is 0 Å². The number of rotatable bonds is 3. The first kappa shape index (κ1) is 10.9. The van der Waals surface area contributed by atoms with Crippen LogP contribution in [0.4, 0.5) is 8.78 Å². The van der Waals surface area contributed by atoms with E-state index in [2.05, 4.69) is 0 Å². The van der Waals surface area contributed by atoms with Crippen molar-refractivity contribution >= 4 is 0 Å². The lowest BCUT2D eigenvalue weighted by atomic mass is 10.0. The van der Waals surface area contributed by atoms with Gasteiger partial charge in [0.1, 0.15) is 5.82 Å². The summed E-state index contributed by atoms with van der Waals surface area (Å²) in [6.07, 6.45) is 0.473. The average molecular weight is 201 g/mol. The van der Waals surface area contributed by atoms with E-state index < -0.39 is 17.7 Å². The van der Waals surface area contributed by atoms with Crippen LogP contribution < -0.4 is 10.5 Å². The summed E-state index contributed by atoms with van der Waals surface area (Å²) in [6, 6.07) is 1.77. The van der Waals surface area contributed by atoms with Crippen LogP contribution in [0.5, 0.6) is 5.75 Å². The van der Waals surface area contributed by atoms with Crippen molar-refractivity contribution < 1.29 is 13.5 Å². The summed E-state index contributed by atoms with van der Waals surface area (Å²) in [6.45, 7) is 1.77. The predicted octanol–water partition coefficient (Wildman–Crippen LogP) is 2.38. The Labute approximate surface area is 81.7 Å². The van der Waals surface area contributed by atoms with E-state index in [1.54, 1.807) is 6.92 Å². The lowest BCUT2D eigenvalue weighted by Crippen LogP contribution is -2.13. The fourth-order valence-electron chi connectivity index (χ4n) is 1.25. The maximum Gasteiger partial charge on any atom is 0.172 e. The van der Waals surface area contributed by atoms with Gasteiger partial charge >= 0.3 is 0 Å². The zero-order chi connectivity index (χ0) is 10.7. The normalized spacial score (nSPS) is 12.6. The molecule has 78 valence electrons. The predicted molar refractivity (Wildman–Crippen MR) is 50.1 cm³/mol. The summed E-state index contributed by atoms with van der Waals surface area (Å²) in [5.74, 6) is -1.31. The molecule has 0 spiro atoms. The first-order valence-electron chi connectivity index (χ1n) is 4.39. The molecular formula is C10H13F2NO. The fourth-order valence-corrected chi connectivity index (χ4v) is 1.25. The third-order valence-corrected chi connectivity index (χ3v) is 2.12. The molecule has 0 aliphatic rings. The molecule has 0 heterocycles. The molecule has 0 aliphatic carbocycles. The minimum atomic E-state index is -0.707. The van der Waals surface area contributed by atoms with Crippen LogP contribution in [-0.2, 0) is 0 Å². The molecule has 0 aliphatic heterocycles. The average Bonchev–Trinajstić information content (AvgIpc) is 2.18. The minimum absolute atomic E-state index is 0.0188. The fraction of sp³-hybridized carbons (Fsp3) is 0.400. The Hall–Kier alpha value is -1.16. The number of hydrogen-bond donors (Lipinski definition) is 1. The molecule has 0 saturated heterocycles. The zero-order valence-electron chi connectivity index (χ0n) is 8.18. The van der Waals surface area contributed by atoms with Crippen molar-refractivity contribution in [3.05, 3.63) is 29.3 Å². The first-order chi connectivity index (χ1) is 6.61. The number of halogens is 2. The SMILES string of the molecule is CCC(N)c1c(F)ccc(OC)c1F. The molecule has 0 fully saturated rings. The molecule has 0 saturated carbocycles. The Morgan fingerprint density at radius 3 is 2.57 bits per heavy atom. The zero-order valence-corrected chi connectivity index (χ0v) is 8.18. The molecule has 2 nitrogen and oxygen atoms in total. The minimum Gasteiger partial charge on any atom is -0.494 e. The molecule has 2 N–H and O–H groups in total. The van der Waals surface area contributed by atoms with Crippen LogP contribution in [0.2, 0.25) is 0 Å². The van der Waals surface area contributed by atoms with E-state index in [0.29, 0.717) is 6.42 Å². The Balaban J connectivity index is 3.25. The molecule has 1 aromatic rings. The second-order valence-corrected chi connectivity index (χ2v) is 2.99. The van der Waals surface area contributed by atoms with Crippen molar-refractivity contribution in [1.29, 1.82) is 0 Å². The summed E-state index contributed by atoms with van der Waals surface area (Å²) in [5, 5.41) is 0. The molecule has 4 heteroatoms. The topological polar surface area (TPSA) is 35.2 Å². The molecule has 0 radical (unpaired) electrons. The quantitative estimate of drug-likeness (QED) is 0.814. The van der Waals surface area contributed by atoms with Crippen LogP contribution in [-0.4, -0.2) is 7.11 Å². The molecule has 0 amide bonds. The molecule has 1 atom stereocenters. The molecule has 1 unspecified atom stereocenters. The maximum absolute atomic E-state index is 13.5. The van der Waals surface area contributed by atoms with Crippen molar-refractivity contribution in [2.24, 2.45) is 5.73 Å². The van der Waals surface area contributed by atoms with Crippen LogP contribution >= 0.6 is 0 Å². The van der Waals surface area contributed by atoms with E-state index in [1.165, 1.54) is 13.2 Å². The standard InChI is InChI=1S/C10H13F2NO/c1-3-7(13)9-6(11)4-5-8(14-2)10(9)12/h4-5,7H,3,13H2,1-2H3. The van der Waals surface area contributed by atoms with Crippen molar-refractivity contribution in [1.82, 2.24) is 0 Å². The summed E-state index contributed by atoms with van der Waals surface area (Å²) < 4.78 is 31.5. The number of hydrogen-bond acceptors (Lipinski definition) is 2. The van der Waals surface area contributed by atoms with Gasteiger partial charge in [-0.1, -0.05) is 6.92 Å². The maximum atomic E-state index is 13.5. The van der Waals surface area contributed by atoms with Crippen LogP contribution in [0.3, 0.4) is 0 Å².